The van der Waals surface area contributed by atoms with Gasteiger partial charge in [-0.15, -0.1) is 33.3 Å². The summed E-state index contributed by atoms with van der Waals surface area (Å²) >= 11 is 9.21. The summed E-state index contributed by atoms with van der Waals surface area (Å²) in [6.45, 7) is 7.22. The lowest BCUT2D eigenvalue weighted by Gasteiger charge is -2.29. The number of halogens is 1. The average molecular weight is 787 g/mol. The monoisotopic (exact) mass is 786 g/mol. The Morgan fingerprint density at radius 3 is 2.48 bits per heavy atom. The number of thiophene rings is 1. The first-order valence-electron chi connectivity index (χ1n) is 17.8. The molecule has 3 aliphatic rings. The summed E-state index contributed by atoms with van der Waals surface area (Å²) < 4.78 is 2.02. The number of thioether (sulfide) groups is 1. The number of aryl methyl sites for hydroxylation is 2. The van der Waals surface area contributed by atoms with E-state index in [0.717, 1.165) is 43.7 Å². The predicted molar refractivity (Wildman–Crippen MR) is 206 cm³/mol. The predicted octanol–water partition coefficient (Wildman–Crippen LogP) is 4.76. The highest BCUT2D eigenvalue weighted by atomic mass is 35.5. The van der Waals surface area contributed by atoms with E-state index in [0.29, 0.717) is 48.8 Å². The number of aliphatic imine (C=N–C) groups is 1. The van der Waals surface area contributed by atoms with E-state index in [9.17, 15) is 24.0 Å². The van der Waals surface area contributed by atoms with E-state index < -0.39 is 18.0 Å². The number of nitrogens with zero attached hydrogens (tertiary/aromatic N) is 5. The highest BCUT2D eigenvalue weighted by Gasteiger charge is 2.40. The Morgan fingerprint density at radius 1 is 1.00 bits per heavy atom. The van der Waals surface area contributed by atoms with Gasteiger partial charge in [0.15, 0.2) is 5.82 Å². The van der Waals surface area contributed by atoms with E-state index in [1.165, 1.54) is 21.5 Å². The zero-order valence-electron chi connectivity index (χ0n) is 30.0. The Bertz CT molecular complexity index is 2200. The first-order valence-corrected chi connectivity index (χ1v) is 20.0. The minimum Gasteiger partial charge on any atom is -0.356 e. The van der Waals surface area contributed by atoms with Crippen LogP contribution < -0.4 is 16.0 Å². The molecule has 4 aromatic rings. The van der Waals surface area contributed by atoms with E-state index in [4.69, 9.17) is 16.6 Å². The van der Waals surface area contributed by atoms with Gasteiger partial charge in [-0.05, 0) is 75.4 Å². The molecule has 0 spiro atoms. The summed E-state index contributed by atoms with van der Waals surface area (Å²) in [5.74, 6) is 0.171. The van der Waals surface area contributed by atoms with Crippen LogP contribution in [0, 0.1) is 20.8 Å². The van der Waals surface area contributed by atoms with E-state index in [-0.39, 0.29) is 48.8 Å². The van der Waals surface area contributed by atoms with Gasteiger partial charge in [-0.1, -0.05) is 29.8 Å². The molecule has 3 aliphatic heterocycles. The van der Waals surface area contributed by atoms with Crippen LogP contribution in [0.25, 0.3) is 5.00 Å². The molecule has 2 aromatic heterocycles. The smallest absolute Gasteiger partial charge is 0.255 e. The van der Waals surface area contributed by atoms with Gasteiger partial charge >= 0.3 is 0 Å². The Labute approximate surface area is 325 Å². The molecule has 2 atom stereocenters. The third-order valence-electron chi connectivity index (χ3n) is 9.88. The number of aromatic nitrogens is 3. The average Bonchev–Trinajstić information content (AvgIpc) is 3.76. The van der Waals surface area contributed by atoms with Crippen molar-refractivity contribution < 1.29 is 24.0 Å². The Balaban J connectivity index is 0.896. The van der Waals surface area contributed by atoms with Crippen molar-refractivity contribution in [3.8, 4) is 5.00 Å². The highest BCUT2D eigenvalue weighted by molar-refractivity contribution is 8.00. The SMILES string of the molecule is Cc1sc2c(c1C)C(c1ccc(Cl)cc1)=N[C@@H](CC(=O)NCCCCNC(=O)CSc1cccc3c1CN(C1CCC(=O)NC1=O)C3=O)c1nnc(C)n1-2. The molecule has 13 nitrogen and oxygen atoms in total. The normalized spacial score (nSPS) is 17.7. The number of carbonyl (C=O) groups excluding carboxylic acids is 5. The molecule has 1 unspecified atom stereocenters. The lowest BCUT2D eigenvalue weighted by molar-refractivity contribution is -0.137. The first-order chi connectivity index (χ1) is 26.0. The van der Waals surface area contributed by atoms with Gasteiger partial charge in [0.2, 0.25) is 23.6 Å². The van der Waals surface area contributed by atoms with Crippen molar-refractivity contribution in [3.05, 3.63) is 91.8 Å². The largest absolute Gasteiger partial charge is 0.356 e. The molecule has 0 aliphatic carbocycles. The molecule has 1 fully saturated rings. The summed E-state index contributed by atoms with van der Waals surface area (Å²) in [6.07, 6.45) is 1.91. The molecule has 3 N–H and O–H groups in total. The lowest BCUT2D eigenvalue weighted by atomic mass is 9.99. The summed E-state index contributed by atoms with van der Waals surface area (Å²) in [7, 11) is 0. The lowest BCUT2D eigenvalue weighted by Crippen LogP contribution is -2.52. The number of benzene rings is 2. The number of carbonyl (C=O) groups is 5. The van der Waals surface area contributed by atoms with Crippen molar-refractivity contribution in [1.29, 1.82) is 0 Å². The van der Waals surface area contributed by atoms with Crippen LogP contribution in [0.3, 0.4) is 0 Å². The first kappa shape index (κ1) is 37.5. The second-order valence-corrected chi connectivity index (χ2v) is 16.1. The highest BCUT2D eigenvalue weighted by Crippen LogP contribution is 2.40. The summed E-state index contributed by atoms with van der Waals surface area (Å²) in [6, 6.07) is 11.7. The number of imide groups is 1. The third-order valence-corrected chi connectivity index (χ3v) is 12.4. The van der Waals surface area contributed by atoms with Gasteiger partial charge in [-0.3, -0.25) is 38.8 Å². The summed E-state index contributed by atoms with van der Waals surface area (Å²) in [4.78, 5) is 71.7. The number of nitrogens with one attached hydrogen (secondary N) is 3. The van der Waals surface area contributed by atoms with Gasteiger partial charge < -0.3 is 15.5 Å². The maximum Gasteiger partial charge on any atom is 0.255 e. The topological polar surface area (TPSA) is 168 Å². The van der Waals surface area contributed by atoms with Crippen molar-refractivity contribution in [2.24, 2.45) is 4.99 Å². The second kappa shape index (κ2) is 15.9. The molecule has 0 saturated carbocycles. The van der Waals surface area contributed by atoms with Gasteiger partial charge in [0.25, 0.3) is 5.91 Å². The molecule has 0 bridgehead atoms. The number of amides is 5. The zero-order chi connectivity index (χ0) is 38.1. The molecule has 280 valence electrons. The Kier molecular flexibility index (Phi) is 11.0. The number of hydrogen-bond donors (Lipinski definition) is 3. The molecule has 2 aromatic carbocycles. The second-order valence-electron chi connectivity index (χ2n) is 13.5. The summed E-state index contributed by atoms with van der Waals surface area (Å²) in [5.41, 5.74) is 5.12. The van der Waals surface area contributed by atoms with Crippen LogP contribution in [0.2, 0.25) is 5.02 Å². The molecule has 7 rings (SSSR count). The maximum atomic E-state index is 13.3. The fourth-order valence-corrected chi connectivity index (χ4v) is 9.22. The van der Waals surface area contributed by atoms with Crippen LogP contribution >= 0.6 is 34.7 Å². The van der Waals surface area contributed by atoms with Crippen LogP contribution in [0.1, 0.15) is 87.3 Å². The van der Waals surface area contributed by atoms with Gasteiger partial charge in [-0.25, -0.2) is 0 Å². The summed E-state index contributed by atoms with van der Waals surface area (Å²) in [5, 5.41) is 18.7. The minimum absolute atomic E-state index is 0.0935. The molecule has 5 amide bonds. The number of fused-ring (bicyclic) bond motifs is 4. The Morgan fingerprint density at radius 2 is 1.74 bits per heavy atom. The van der Waals surface area contributed by atoms with Gasteiger partial charge in [0, 0.05) is 57.5 Å². The molecule has 1 saturated heterocycles. The van der Waals surface area contributed by atoms with Crippen LogP contribution in [0.15, 0.2) is 52.4 Å². The molecular formula is C38H39ClN8O5S2. The van der Waals surface area contributed by atoms with Crippen LogP contribution in [0.4, 0.5) is 0 Å². The van der Waals surface area contributed by atoms with Crippen molar-refractivity contribution in [1.82, 2.24) is 35.6 Å². The van der Waals surface area contributed by atoms with Crippen molar-refractivity contribution in [2.75, 3.05) is 18.8 Å². The number of piperidine rings is 1. The number of hydrogen-bond acceptors (Lipinski definition) is 10. The number of unbranched alkanes of at least 4 members (excludes halogenated alkanes) is 1. The maximum absolute atomic E-state index is 13.3. The number of rotatable bonds is 12. The Hall–Kier alpha value is -4.86. The third kappa shape index (κ3) is 7.57. The molecule has 16 heteroatoms. The van der Waals surface area contributed by atoms with Gasteiger partial charge in [-0.2, -0.15) is 0 Å². The fourth-order valence-electron chi connectivity index (χ4n) is 6.97. The molecule has 54 heavy (non-hydrogen) atoms. The van der Waals surface area contributed by atoms with E-state index in [1.807, 2.05) is 41.8 Å². The molecule has 0 radical (unpaired) electrons. The van der Waals surface area contributed by atoms with Crippen molar-refractivity contribution >= 4 is 69.9 Å². The van der Waals surface area contributed by atoms with Crippen LogP contribution in [-0.4, -0.2) is 79.8 Å². The van der Waals surface area contributed by atoms with E-state index in [1.54, 1.807) is 23.5 Å². The van der Waals surface area contributed by atoms with Crippen LogP contribution in [0.5, 0.6) is 0 Å². The fraction of sp³-hybridized carbons (Fsp3) is 0.368. The van der Waals surface area contributed by atoms with Gasteiger partial charge in [0.1, 0.15) is 22.9 Å². The van der Waals surface area contributed by atoms with Crippen molar-refractivity contribution in [3.63, 3.8) is 0 Å². The van der Waals surface area contributed by atoms with Crippen molar-refractivity contribution in [2.45, 2.75) is 76.4 Å². The quantitative estimate of drug-likeness (QED) is 0.105. The van der Waals surface area contributed by atoms with Crippen LogP contribution in [-0.2, 0) is 25.7 Å². The minimum atomic E-state index is -0.693. The molecular weight excluding hydrogens is 748 g/mol. The standard InChI is InChI=1S/C38H39ClN8O5S2/c1-20-21(2)54-38-33(20)34(23-9-11-24(39)12-10-23)42-27(35-45-44-22(3)47(35)38)17-31(49)40-15-4-5-16-41-32(50)19-53-29-8-6-7-25-26(29)18-46(37(25)52)28-13-14-30(48)43-36(28)51/h6-12,27-28H,4-5,13-19H2,1-3H3,(H,40,49)(H,41,50)(H,43,48,51)/t27-,28?/m0/s1. The molecule has 5 heterocycles. The van der Waals surface area contributed by atoms with Gasteiger partial charge in [0.05, 0.1) is 17.9 Å². The van der Waals surface area contributed by atoms with E-state index >= 15 is 0 Å². The van der Waals surface area contributed by atoms with E-state index in [2.05, 4.69) is 40.0 Å². The zero-order valence-corrected chi connectivity index (χ0v) is 32.4.